The van der Waals surface area contributed by atoms with Gasteiger partial charge in [-0.3, -0.25) is 4.79 Å². The fraction of sp³-hybridized carbons (Fsp3) is 0.727. The molecule has 0 amide bonds. The molecule has 4 heteroatoms. The van der Waals surface area contributed by atoms with E-state index >= 15 is 0 Å². The first-order chi connectivity index (χ1) is 7.06. The Morgan fingerprint density at radius 1 is 1.47 bits per heavy atom. The van der Waals surface area contributed by atoms with Gasteiger partial charge in [-0.2, -0.15) is 0 Å². The second kappa shape index (κ2) is 7.71. The third kappa shape index (κ3) is 5.80. The van der Waals surface area contributed by atoms with Gasteiger partial charge in [0.15, 0.2) is 0 Å². The largest absolute Gasteiger partial charge is 0.480 e. The van der Waals surface area contributed by atoms with E-state index < -0.39 is 11.5 Å². The van der Waals surface area contributed by atoms with Gasteiger partial charge in [0, 0.05) is 0 Å². The molecule has 0 spiro atoms. The maximum absolute atomic E-state index is 10.9. The number of nitrogens with one attached hydrogen (secondary N) is 1. The van der Waals surface area contributed by atoms with Crippen molar-refractivity contribution in [3.8, 4) is 0 Å². The molecule has 0 radical (unpaired) electrons. The third-order valence-corrected chi connectivity index (χ3v) is 2.93. The fourth-order valence-electron chi connectivity index (χ4n) is 1.32. The zero-order valence-electron chi connectivity index (χ0n) is 9.26. The average Bonchev–Trinajstić information content (AvgIpc) is 2.22. The van der Waals surface area contributed by atoms with Crippen LogP contribution in [0.2, 0.25) is 0 Å². The Balaban J connectivity index is 3.64. The molecule has 0 aliphatic heterocycles. The highest BCUT2D eigenvalue weighted by Crippen LogP contribution is 2.16. The first kappa shape index (κ1) is 14.5. The summed E-state index contributed by atoms with van der Waals surface area (Å²) >= 11 is 5.42. The van der Waals surface area contributed by atoms with Crippen molar-refractivity contribution in [3.05, 3.63) is 12.7 Å². The Bertz CT molecular complexity index is 209. The van der Waals surface area contributed by atoms with Crippen LogP contribution in [0, 0.1) is 0 Å². The van der Waals surface area contributed by atoms with Crippen LogP contribution in [0.15, 0.2) is 12.7 Å². The van der Waals surface area contributed by atoms with E-state index in [1.54, 1.807) is 6.92 Å². The van der Waals surface area contributed by atoms with Gasteiger partial charge in [0.05, 0.1) is 0 Å². The number of halogens is 1. The number of carbonyl (C=O) groups is 1. The number of allylic oxidation sites excluding steroid dienone is 1. The lowest BCUT2D eigenvalue weighted by molar-refractivity contribution is -0.143. The lowest BCUT2D eigenvalue weighted by Crippen LogP contribution is -2.44. The van der Waals surface area contributed by atoms with Crippen LogP contribution in [-0.4, -0.2) is 16.6 Å². The molecule has 0 heterocycles. The minimum Gasteiger partial charge on any atom is -0.480 e. The molecule has 0 aromatic heterocycles. The number of unbranched alkanes of at least 4 members (excludes halogenated alkanes) is 4. The third-order valence-electron chi connectivity index (χ3n) is 2.52. The maximum Gasteiger partial charge on any atom is 0.324 e. The van der Waals surface area contributed by atoms with Gasteiger partial charge in [0.2, 0.25) is 0 Å². The number of hydrogen-bond donors (Lipinski definition) is 2. The van der Waals surface area contributed by atoms with Crippen molar-refractivity contribution in [1.29, 1.82) is 0 Å². The molecule has 2 N–H and O–H groups in total. The smallest absolute Gasteiger partial charge is 0.324 e. The highest BCUT2D eigenvalue weighted by molar-refractivity contribution is 6.15. The molecule has 0 saturated heterocycles. The fourth-order valence-corrected chi connectivity index (χ4v) is 1.49. The van der Waals surface area contributed by atoms with Gasteiger partial charge in [-0.15, -0.1) is 6.58 Å². The molecule has 1 unspecified atom stereocenters. The molecule has 0 fully saturated rings. The molecule has 0 saturated carbocycles. The normalized spacial score (nSPS) is 14.5. The first-order valence-electron chi connectivity index (χ1n) is 5.29. The lowest BCUT2D eigenvalue weighted by atomic mass is 9.95. The summed E-state index contributed by atoms with van der Waals surface area (Å²) in [5.41, 5.74) is -1.00. The molecule has 1 atom stereocenters. The van der Waals surface area contributed by atoms with Crippen molar-refractivity contribution in [1.82, 2.24) is 4.84 Å². The number of aliphatic carboxylic acids is 1. The molecule has 0 rings (SSSR count). The summed E-state index contributed by atoms with van der Waals surface area (Å²) < 4.78 is 0. The summed E-state index contributed by atoms with van der Waals surface area (Å²) in [6, 6.07) is 0. The van der Waals surface area contributed by atoms with E-state index in [-0.39, 0.29) is 0 Å². The van der Waals surface area contributed by atoms with E-state index in [9.17, 15) is 4.79 Å². The molecule has 0 aromatic carbocycles. The van der Waals surface area contributed by atoms with Crippen molar-refractivity contribution in [2.75, 3.05) is 0 Å². The van der Waals surface area contributed by atoms with Crippen LogP contribution in [-0.2, 0) is 4.79 Å². The predicted octanol–water partition coefficient (Wildman–Crippen LogP) is 3.10. The van der Waals surface area contributed by atoms with Gasteiger partial charge in [-0.05, 0) is 38.0 Å². The van der Waals surface area contributed by atoms with Crippen LogP contribution in [0.4, 0.5) is 0 Å². The number of rotatable bonds is 9. The van der Waals surface area contributed by atoms with Gasteiger partial charge in [0.1, 0.15) is 5.54 Å². The first-order valence-corrected chi connectivity index (χ1v) is 5.66. The average molecular weight is 234 g/mol. The molecule has 0 bridgehead atoms. The van der Waals surface area contributed by atoms with E-state index in [4.69, 9.17) is 16.9 Å². The summed E-state index contributed by atoms with van der Waals surface area (Å²) in [6.07, 6.45) is 7.64. The molecule has 0 aromatic rings. The quantitative estimate of drug-likeness (QED) is 0.366. The predicted molar refractivity (Wildman–Crippen MR) is 62.9 cm³/mol. The van der Waals surface area contributed by atoms with Crippen molar-refractivity contribution >= 4 is 17.7 Å². The summed E-state index contributed by atoms with van der Waals surface area (Å²) in [4.78, 5) is 13.2. The summed E-state index contributed by atoms with van der Waals surface area (Å²) in [6.45, 7) is 5.25. The number of carboxylic acids is 1. The lowest BCUT2D eigenvalue weighted by Gasteiger charge is -2.22. The molecule has 88 valence electrons. The molecular formula is C11H20ClNO2. The Kier molecular flexibility index (Phi) is 7.44. The molecule has 0 aliphatic carbocycles. The zero-order chi connectivity index (χ0) is 11.7. The summed E-state index contributed by atoms with van der Waals surface area (Å²) in [5.74, 6) is -0.899. The van der Waals surface area contributed by atoms with Gasteiger partial charge < -0.3 is 5.11 Å². The van der Waals surface area contributed by atoms with E-state index in [1.165, 1.54) is 0 Å². The highest BCUT2D eigenvalue weighted by Gasteiger charge is 2.31. The van der Waals surface area contributed by atoms with Crippen molar-refractivity contribution in [2.24, 2.45) is 0 Å². The van der Waals surface area contributed by atoms with Crippen LogP contribution >= 0.6 is 11.8 Å². The highest BCUT2D eigenvalue weighted by atomic mass is 35.5. The number of carboxylic acid groups (broad SMARTS) is 1. The molecule has 3 nitrogen and oxygen atoms in total. The SMILES string of the molecule is C=CCCCCCCC(C)(NCl)C(=O)O. The summed E-state index contributed by atoms with van der Waals surface area (Å²) in [7, 11) is 0. The van der Waals surface area contributed by atoms with Crippen LogP contribution in [0.5, 0.6) is 0 Å². The van der Waals surface area contributed by atoms with E-state index in [2.05, 4.69) is 11.4 Å². The van der Waals surface area contributed by atoms with Crippen LogP contribution in [0.1, 0.15) is 45.4 Å². The Morgan fingerprint density at radius 2 is 2.07 bits per heavy atom. The Hall–Kier alpha value is -0.540. The monoisotopic (exact) mass is 233 g/mol. The van der Waals surface area contributed by atoms with Crippen molar-refractivity contribution in [3.63, 3.8) is 0 Å². The Morgan fingerprint density at radius 3 is 2.53 bits per heavy atom. The second-order valence-electron chi connectivity index (χ2n) is 3.97. The Labute approximate surface area is 96.6 Å². The standard InChI is InChI=1S/C11H20ClNO2/c1-3-4-5-6-7-8-9-11(2,13-12)10(14)15/h3,13H,1,4-9H2,2H3,(H,14,15). The van der Waals surface area contributed by atoms with Gasteiger partial charge in [-0.25, -0.2) is 4.84 Å². The molecule has 0 aliphatic rings. The minimum absolute atomic E-state index is 0.555. The van der Waals surface area contributed by atoms with Crippen molar-refractivity contribution < 1.29 is 9.90 Å². The second-order valence-corrected chi connectivity index (χ2v) is 4.16. The van der Waals surface area contributed by atoms with Crippen molar-refractivity contribution in [2.45, 2.75) is 51.0 Å². The number of hydrogen-bond acceptors (Lipinski definition) is 2. The van der Waals surface area contributed by atoms with Gasteiger partial charge in [0.25, 0.3) is 0 Å². The topological polar surface area (TPSA) is 49.3 Å². The van der Waals surface area contributed by atoms with Gasteiger partial charge >= 0.3 is 5.97 Å². The summed E-state index contributed by atoms with van der Waals surface area (Å²) in [5, 5.41) is 8.91. The molecule has 15 heavy (non-hydrogen) atoms. The van der Waals surface area contributed by atoms with Crippen LogP contribution in [0.25, 0.3) is 0 Å². The zero-order valence-corrected chi connectivity index (χ0v) is 10.0. The van der Waals surface area contributed by atoms with E-state index in [0.29, 0.717) is 6.42 Å². The molecular weight excluding hydrogens is 214 g/mol. The van der Waals surface area contributed by atoms with Crippen LogP contribution < -0.4 is 4.84 Å². The van der Waals surface area contributed by atoms with E-state index in [0.717, 1.165) is 32.1 Å². The van der Waals surface area contributed by atoms with E-state index in [1.807, 2.05) is 6.08 Å². The van der Waals surface area contributed by atoms with Crippen LogP contribution in [0.3, 0.4) is 0 Å². The van der Waals surface area contributed by atoms with Gasteiger partial charge in [-0.1, -0.05) is 25.3 Å². The minimum atomic E-state index is -1.00. The maximum atomic E-state index is 10.9.